The summed E-state index contributed by atoms with van der Waals surface area (Å²) in [4.78, 5) is 0. The number of thioether (sulfide) groups is 1. The van der Waals surface area contributed by atoms with Gasteiger partial charge < -0.3 is 10.1 Å². The Morgan fingerprint density at radius 1 is 1.56 bits per heavy atom. The molecule has 4 heteroatoms. The Kier molecular flexibility index (Phi) is 6.83. The summed E-state index contributed by atoms with van der Waals surface area (Å²) >= 11 is 1.81. The second kappa shape index (κ2) is 8.16. The molecule has 0 saturated carbocycles. The maximum atomic E-state index is 13.8. The quantitative estimate of drug-likeness (QED) is 0.577. The van der Waals surface area contributed by atoms with E-state index in [1.807, 2.05) is 13.0 Å². The Balaban J connectivity index is 2.45. The summed E-state index contributed by atoms with van der Waals surface area (Å²) in [5, 5.41) is 3.30. The number of rotatable bonds is 8. The molecule has 100 valence electrons. The summed E-state index contributed by atoms with van der Waals surface area (Å²) in [5.74, 6) is 2.26. The first-order chi connectivity index (χ1) is 8.69. The van der Waals surface area contributed by atoms with Gasteiger partial charge in [0.2, 0.25) is 0 Å². The van der Waals surface area contributed by atoms with E-state index in [1.54, 1.807) is 23.9 Å². The lowest BCUT2D eigenvalue weighted by molar-refractivity contribution is 0.409. The van der Waals surface area contributed by atoms with E-state index in [2.05, 4.69) is 11.9 Å². The first-order valence-electron chi connectivity index (χ1n) is 5.94. The van der Waals surface area contributed by atoms with Crippen molar-refractivity contribution in [1.29, 1.82) is 0 Å². The molecule has 1 aromatic carbocycles. The minimum atomic E-state index is -0.229. The van der Waals surface area contributed by atoms with Gasteiger partial charge in [0, 0.05) is 35.7 Å². The third-order valence-corrected chi connectivity index (χ3v) is 3.57. The van der Waals surface area contributed by atoms with Crippen molar-refractivity contribution in [2.75, 3.05) is 25.2 Å². The van der Waals surface area contributed by atoms with Crippen LogP contribution in [0.4, 0.5) is 4.39 Å². The number of hydrogen-bond acceptors (Lipinski definition) is 3. The van der Waals surface area contributed by atoms with Crippen molar-refractivity contribution in [2.24, 2.45) is 0 Å². The number of methoxy groups -OCH3 is 1. The van der Waals surface area contributed by atoms with Crippen LogP contribution in [0.15, 0.2) is 30.9 Å². The fourth-order valence-corrected chi connectivity index (χ4v) is 2.21. The van der Waals surface area contributed by atoms with E-state index in [-0.39, 0.29) is 11.9 Å². The molecule has 2 nitrogen and oxygen atoms in total. The molecule has 0 spiro atoms. The molecular weight excluding hydrogens is 249 g/mol. The van der Waals surface area contributed by atoms with Crippen molar-refractivity contribution in [3.63, 3.8) is 0 Å². The highest BCUT2D eigenvalue weighted by atomic mass is 32.2. The van der Waals surface area contributed by atoms with Crippen LogP contribution in [0, 0.1) is 5.82 Å². The zero-order valence-electron chi connectivity index (χ0n) is 10.9. The second-order valence-electron chi connectivity index (χ2n) is 3.93. The monoisotopic (exact) mass is 269 g/mol. The van der Waals surface area contributed by atoms with E-state index in [0.717, 1.165) is 18.1 Å². The zero-order valence-corrected chi connectivity index (χ0v) is 11.7. The lowest BCUT2D eigenvalue weighted by Crippen LogP contribution is -2.22. The van der Waals surface area contributed by atoms with Gasteiger partial charge in [-0.2, -0.15) is 11.8 Å². The van der Waals surface area contributed by atoms with E-state index in [1.165, 1.54) is 13.2 Å². The van der Waals surface area contributed by atoms with E-state index in [0.29, 0.717) is 11.3 Å². The predicted octanol–water partition coefficient (Wildman–Crippen LogP) is 3.40. The van der Waals surface area contributed by atoms with Crippen molar-refractivity contribution in [3.05, 3.63) is 42.2 Å². The van der Waals surface area contributed by atoms with Gasteiger partial charge >= 0.3 is 0 Å². The molecule has 0 aromatic heterocycles. The van der Waals surface area contributed by atoms with E-state index < -0.39 is 0 Å². The van der Waals surface area contributed by atoms with Gasteiger partial charge in [0.1, 0.15) is 11.6 Å². The molecule has 1 N–H and O–H groups in total. The molecule has 0 saturated heterocycles. The maximum Gasteiger partial charge on any atom is 0.131 e. The van der Waals surface area contributed by atoms with Crippen LogP contribution < -0.4 is 10.1 Å². The highest BCUT2D eigenvalue weighted by Gasteiger charge is 2.10. The van der Waals surface area contributed by atoms with Gasteiger partial charge in [-0.15, -0.1) is 6.58 Å². The number of hydrogen-bond donors (Lipinski definition) is 1. The predicted molar refractivity (Wildman–Crippen MR) is 76.9 cm³/mol. The molecule has 0 amide bonds. The molecule has 0 heterocycles. The summed E-state index contributed by atoms with van der Waals surface area (Å²) in [6.45, 7) is 6.48. The summed E-state index contributed by atoms with van der Waals surface area (Å²) in [6, 6.07) is 4.96. The van der Waals surface area contributed by atoms with Gasteiger partial charge in [0.15, 0.2) is 0 Å². The molecule has 1 unspecified atom stereocenters. The standard InChI is InChI=1S/C14H20FNOS/c1-4-8-18-9-7-16-11(2)13-6-5-12(17-3)10-14(13)15/h4-6,10-11,16H,1,7-9H2,2-3H3. The Morgan fingerprint density at radius 3 is 2.94 bits per heavy atom. The van der Waals surface area contributed by atoms with Gasteiger partial charge in [0.25, 0.3) is 0 Å². The molecule has 0 fully saturated rings. The molecule has 1 atom stereocenters. The van der Waals surface area contributed by atoms with Gasteiger partial charge in [-0.3, -0.25) is 0 Å². The third-order valence-electron chi connectivity index (χ3n) is 2.61. The molecule has 0 radical (unpaired) electrons. The second-order valence-corrected chi connectivity index (χ2v) is 5.08. The number of benzene rings is 1. The molecule has 0 bridgehead atoms. The van der Waals surface area contributed by atoms with Crippen LogP contribution in [0.5, 0.6) is 5.75 Å². The molecule has 1 rings (SSSR count). The Labute approximate surface area is 113 Å². The largest absolute Gasteiger partial charge is 0.497 e. The van der Waals surface area contributed by atoms with Crippen LogP contribution in [-0.4, -0.2) is 25.2 Å². The summed E-state index contributed by atoms with van der Waals surface area (Å²) < 4.78 is 18.8. The summed E-state index contributed by atoms with van der Waals surface area (Å²) in [5.41, 5.74) is 0.671. The molecule has 0 aliphatic carbocycles. The maximum absolute atomic E-state index is 13.8. The van der Waals surface area contributed by atoms with Gasteiger partial charge in [-0.25, -0.2) is 4.39 Å². The summed E-state index contributed by atoms with van der Waals surface area (Å²) in [7, 11) is 1.53. The highest BCUT2D eigenvalue weighted by molar-refractivity contribution is 7.99. The Morgan fingerprint density at radius 2 is 2.33 bits per heavy atom. The van der Waals surface area contributed by atoms with Gasteiger partial charge in [0.05, 0.1) is 7.11 Å². The first-order valence-corrected chi connectivity index (χ1v) is 7.10. The Bertz CT molecular complexity index is 384. The number of halogens is 1. The van der Waals surface area contributed by atoms with Crippen molar-refractivity contribution >= 4 is 11.8 Å². The molecule has 1 aromatic rings. The van der Waals surface area contributed by atoms with E-state index in [9.17, 15) is 4.39 Å². The molecule has 0 aliphatic heterocycles. The van der Waals surface area contributed by atoms with Crippen molar-refractivity contribution in [1.82, 2.24) is 5.32 Å². The third kappa shape index (κ3) is 4.70. The van der Waals surface area contributed by atoms with Crippen molar-refractivity contribution < 1.29 is 9.13 Å². The van der Waals surface area contributed by atoms with Crippen LogP contribution in [-0.2, 0) is 0 Å². The van der Waals surface area contributed by atoms with Crippen LogP contribution >= 0.6 is 11.8 Å². The smallest absolute Gasteiger partial charge is 0.131 e. The average molecular weight is 269 g/mol. The van der Waals surface area contributed by atoms with Crippen molar-refractivity contribution in [2.45, 2.75) is 13.0 Å². The highest BCUT2D eigenvalue weighted by Crippen LogP contribution is 2.21. The van der Waals surface area contributed by atoms with Crippen molar-refractivity contribution in [3.8, 4) is 5.75 Å². The van der Waals surface area contributed by atoms with E-state index in [4.69, 9.17) is 4.74 Å². The lowest BCUT2D eigenvalue weighted by Gasteiger charge is -2.15. The van der Waals surface area contributed by atoms with Gasteiger partial charge in [-0.05, 0) is 13.0 Å². The molecule has 18 heavy (non-hydrogen) atoms. The molecule has 0 aliphatic rings. The summed E-state index contributed by atoms with van der Waals surface area (Å²) in [6.07, 6.45) is 1.89. The van der Waals surface area contributed by atoms with Crippen LogP contribution in [0.2, 0.25) is 0 Å². The Hall–Kier alpha value is -1.00. The SMILES string of the molecule is C=CCSCCNC(C)c1ccc(OC)cc1F. The fraction of sp³-hybridized carbons (Fsp3) is 0.429. The zero-order chi connectivity index (χ0) is 13.4. The van der Waals surface area contributed by atoms with E-state index >= 15 is 0 Å². The minimum Gasteiger partial charge on any atom is -0.497 e. The van der Waals surface area contributed by atoms with Crippen LogP contribution in [0.1, 0.15) is 18.5 Å². The number of nitrogens with one attached hydrogen (secondary N) is 1. The molecular formula is C14H20FNOS. The fourth-order valence-electron chi connectivity index (χ4n) is 1.61. The number of ether oxygens (including phenoxy) is 1. The van der Waals surface area contributed by atoms with Crippen LogP contribution in [0.25, 0.3) is 0 Å². The minimum absolute atomic E-state index is 0.000220. The van der Waals surface area contributed by atoms with Gasteiger partial charge in [-0.1, -0.05) is 12.1 Å². The first kappa shape index (κ1) is 15.1. The average Bonchev–Trinajstić information content (AvgIpc) is 2.38. The topological polar surface area (TPSA) is 21.3 Å². The normalized spacial score (nSPS) is 12.2. The lowest BCUT2D eigenvalue weighted by atomic mass is 10.1. The van der Waals surface area contributed by atoms with Crippen LogP contribution in [0.3, 0.4) is 0 Å².